The molecule has 3 rings (SSSR count). The lowest BCUT2D eigenvalue weighted by Gasteiger charge is -2.23. The number of quaternary nitrogens is 1. The summed E-state index contributed by atoms with van der Waals surface area (Å²) < 4.78 is 7.26. The summed E-state index contributed by atoms with van der Waals surface area (Å²) in [6.07, 6.45) is 2.05. The molecule has 2 aromatic rings. The predicted octanol–water partition coefficient (Wildman–Crippen LogP) is 2.02. The van der Waals surface area contributed by atoms with E-state index in [9.17, 15) is 5.11 Å². The van der Waals surface area contributed by atoms with Crippen molar-refractivity contribution in [3.8, 4) is 5.88 Å². The number of aromatic hydroxyl groups is 1. The Bertz CT molecular complexity index is 799. The largest absolute Gasteiger partial charge is 0.493 e. The second-order valence-electron chi connectivity index (χ2n) is 6.74. The van der Waals surface area contributed by atoms with Crippen molar-refractivity contribution in [2.24, 2.45) is 10.2 Å². The lowest BCUT2D eigenvalue weighted by molar-refractivity contribution is -0.906. The molecule has 0 atom stereocenters. The summed E-state index contributed by atoms with van der Waals surface area (Å²) in [6, 6.07) is 7.84. The van der Waals surface area contributed by atoms with Gasteiger partial charge in [-0.2, -0.15) is 0 Å². The average molecular weight is 391 g/mol. The first-order valence-corrected chi connectivity index (χ1v) is 10.0. The number of thiocarbonyl (C=S) groups is 1. The number of nitrogens with one attached hydrogen (secondary N) is 2. The summed E-state index contributed by atoms with van der Waals surface area (Å²) in [5.41, 5.74) is 1.44. The Morgan fingerprint density at radius 3 is 2.89 bits per heavy atom. The molecular weight excluding hydrogens is 362 g/mol. The number of hydrogen-bond acceptors (Lipinski definition) is 4. The second-order valence-corrected chi connectivity index (χ2v) is 7.13. The zero-order valence-electron chi connectivity index (χ0n) is 15.8. The van der Waals surface area contributed by atoms with Gasteiger partial charge in [-0.15, -0.1) is 10.2 Å². The van der Waals surface area contributed by atoms with Gasteiger partial charge >= 0.3 is 0 Å². The number of nitrogens with zero attached hydrogens (tertiary/aromatic N) is 3. The first-order chi connectivity index (χ1) is 13.2. The molecule has 1 aliphatic heterocycles. The molecule has 1 fully saturated rings. The number of azo groups is 1. The number of para-hydroxylation sites is 1. The van der Waals surface area contributed by atoms with Gasteiger partial charge in [-0.05, 0) is 24.7 Å². The van der Waals surface area contributed by atoms with E-state index in [0.717, 1.165) is 69.7 Å². The van der Waals surface area contributed by atoms with Crippen LogP contribution < -0.4 is 10.2 Å². The highest BCUT2D eigenvalue weighted by molar-refractivity contribution is 7.80. The van der Waals surface area contributed by atoms with Crippen LogP contribution in [0.4, 0.5) is 5.69 Å². The van der Waals surface area contributed by atoms with E-state index in [4.69, 9.17) is 17.0 Å². The highest BCUT2D eigenvalue weighted by atomic mass is 32.1. The first kappa shape index (κ1) is 19.7. The number of benzene rings is 1. The molecule has 8 heteroatoms. The third-order valence-corrected chi connectivity index (χ3v) is 5.07. The van der Waals surface area contributed by atoms with Gasteiger partial charge in [-0.25, -0.2) is 0 Å². The number of aryl methyl sites for hydroxylation is 1. The zero-order chi connectivity index (χ0) is 19.1. The summed E-state index contributed by atoms with van der Waals surface area (Å²) >= 11 is 5.27. The molecule has 3 N–H and O–H groups in total. The maximum absolute atomic E-state index is 10.6. The fraction of sp³-hybridized carbons (Fsp3) is 0.526. The molecule has 0 saturated carbocycles. The number of rotatable bonds is 7. The molecule has 1 aliphatic rings. The van der Waals surface area contributed by atoms with E-state index >= 15 is 0 Å². The van der Waals surface area contributed by atoms with E-state index in [0.29, 0.717) is 10.8 Å². The smallest absolute Gasteiger partial charge is 0.220 e. The van der Waals surface area contributed by atoms with E-state index < -0.39 is 0 Å². The Hall–Kier alpha value is -2.03. The van der Waals surface area contributed by atoms with E-state index in [1.165, 1.54) is 4.90 Å². The minimum atomic E-state index is 0.147. The molecule has 0 radical (unpaired) electrons. The Morgan fingerprint density at radius 1 is 1.33 bits per heavy atom. The average Bonchev–Trinajstić information content (AvgIpc) is 2.96. The maximum Gasteiger partial charge on any atom is 0.220 e. The van der Waals surface area contributed by atoms with Crippen LogP contribution in [0.25, 0.3) is 10.9 Å². The monoisotopic (exact) mass is 390 g/mol. The maximum atomic E-state index is 10.6. The summed E-state index contributed by atoms with van der Waals surface area (Å²) in [7, 11) is 0. The van der Waals surface area contributed by atoms with Gasteiger partial charge < -0.3 is 24.6 Å². The fourth-order valence-corrected chi connectivity index (χ4v) is 3.44. The van der Waals surface area contributed by atoms with Crippen molar-refractivity contribution < 1.29 is 14.7 Å². The van der Waals surface area contributed by atoms with Crippen molar-refractivity contribution in [1.29, 1.82) is 0 Å². The SMILES string of the molecule is CCCCn1c(O)c(N=NC(=S)NCC[NH+]2CCOCC2)c2ccccc21. The van der Waals surface area contributed by atoms with Gasteiger partial charge in [0.2, 0.25) is 11.0 Å². The molecule has 1 aromatic heterocycles. The molecule has 2 heterocycles. The lowest BCUT2D eigenvalue weighted by Crippen LogP contribution is -3.14. The zero-order valence-corrected chi connectivity index (χ0v) is 16.6. The van der Waals surface area contributed by atoms with Gasteiger partial charge in [0.25, 0.3) is 0 Å². The van der Waals surface area contributed by atoms with E-state index in [1.807, 2.05) is 28.8 Å². The third kappa shape index (κ3) is 5.03. The van der Waals surface area contributed by atoms with Crippen molar-refractivity contribution in [1.82, 2.24) is 9.88 Å². The summed E-state index contributed by atoms with van der Waals surface area (Å²) in [6.45, 7) is 8.30. The van der Waals surface area contributed by atoms with Crippen molar-refractivity contribution >= 4 is 33.9 Å². The van der Waals surface area contributed by atoms with Crippen LogP contribution >= 0.6 is 12.2 Å². The summed E-state index contributed by atoms with van der Waals surface area (Å²) in [5, 5.41) is 23.4. The topological polar surface area (TPSA) is 75.6 Å². The molecule has 7 nitrogen and oxygen atoms in total. The van der Waals surface area contributed by atoms with Crippen LogP contribution in [-0.4, -0.2) is 54.2 Å². The van der Waals surface area contributed by atoms with E-state index in [1.54, 1.807) is 0 Å². The van der Waals surface area contributed by atoms with Crippen LogP contribution in [0.5, 0.6) is 5.88 Å². The van der Waals surface area contributed by atoms with E-state index in [-0.39, 0.29) is 5.88 Å². The van der Waals surface area contributed by atoms with Crippen LogP contribution in [-0.2, 0) is 11.3 Å². The predicted molar refractivity (Wildman–Crippen MR) is 110 cm³/mol. The standard InChI is InChI=1S/C19H27N5O2S/c1-2-3-9-24-16-7-5-4-6-15(16)17(18(24)25)21-22-19(27)20-8-10-23-11-13-26-14-12-23/h4-7,25H,2-3,8-14H2,1H3,(H,20,27)/p+1. The van der Waals surface area contributed by atoms with Crippen molar-refractivity contribution in [2.75, 3.05) is 39.4 Å². The van der Waals surface area contributed by atoms with E-state index in [2.05, 4.69) is 22.5 Å². The number of unbranched alkanes of at least 4 members (excludes halogenated alkanes) is 1. The highest BCUT2D eigenvalue weighted by Gasteiger charge is 2.16. The second kappa shape index (κ2) is 9.77. The van der Waals surface area contributed by atoms with Gasteiger partial charge in [-0.1, -0.05) is 31.5 Å². The molecule has 0 amide bonds. The van der Waals surface area contributed by atoms with Crippen molar-refractivity contribution in [3.05, 3.63) is 24.3 Å². The number of aromatic nitrogens is 1. The van der Waals surface area contributed by atoms with Crippen LogP contribution in [0.2, 0.25) is 0 Å². The van der Waals surface area contributed by atoms with Gasteiger partial charge in [0.1, 0.15) is 13.1 Å². The van der Waals surface area contributed by atoms with Gasteiger partial charge in [0.15, 0.2) is 5.69 Å². The van der Waals surface area contributed by atoms with Crippen LogP contribution in [0, 0.1) is 0 Å². The molecule has 0 aliphatic carbocycles. The van der Waals surface area contributed by atoms with Crippen molar-refractivity contribution in [2.45, 2.75) is 26.3 Å². The molecule has 0 unspecified atom stereocenters. The molecule has 0 spiro atoms. The highest BCUT2D eigenvalue weighted by Crippen LogP contribution is 2.38. The Balaban J connectivity index is 1.64. The normalized spacial score (nSPS) is 15.6. The van der Waals surface area contributed by atoms with Gasteiger partial charge in [0.05, 0.1) is 31.8 Å². The molecule has 0 bridgehead atoms. The third-order valence-electron chi connectivity index (χ3n) is 4.85. The molecule has 1 saturated heterocycles. The minimum Gasteiger partial charge on any atom is -0.493 e. The van der Waals surface area contributed by atoms with Crippen LogP contribution in [0.15, 0.2) is 34.5 Å². The minimum absolute atomic E-state index is 0.147. The molecule has 146 valence electrons. The van der Waals surface area contributed by atoms with Crippen LogP contribution in [0.1, 0.15) is 19.8 Å². The van der Waals surface area contributed by atoms with Gasteiger partial charge in [-0.3, -0.25) is 0 Å². The number of fused-ring (bicyclic) bond motifs is 1. The Labute approximate surface area is 165 Å². The van der Waals surface area contributed by atoms with Crippen molar-refractivity contribution in [3.63, 3.8) is 0 Å². The lowest BCUT2D eigenvalue weighted by atomic mass is 10.2. The van der Waals surface area contributed by atoms with Gasteiger partial charge in [0, 0.05) is 11.9 Å². The number of hydrogen-bond donors (Lipinski definition) is 3. The summed E-state index contributed by atoms with van der Waals surface area (Å²) in [4.78, 5) is 1.50. The fourth-order valence-electron chi connectivity index (χ4n) is 3.30. The molecule has 1 aromatic carbocycles. The first-order valence-electron chi connectivity index (χ1n) is 9.61. The molecule has 27 heavy (non-hydrogen) atoms. The Morgan fingerprint density at radius 2 is 2.11 bits per heavy atom. The Kier molecular flexibility index (Phi) is 7.14. The number of ether oxygens (including phenoxy) is 1. The quantitative estimate of drug-likeness (QED) is 0.499. The van der Waals surface area contributed by atoms with Crippen LogP contribution in [0.3, 0.4) is 0 Å². The number of morpholine rings is 1. The molecular formula is C19H28N5O2S+. The summed E-state index contributed by atoms with van der Waals surface area (Å²) in [5.74, 6) is 0.147.